The third-order valence-electron chi connectivity index (χ3n) is 3.22. The fraction of sp³-hybridized carbons (Fsp3) is 0.267. The van der Waals surface area contributed by atoms with Gasteiger partial charge in [-0.15, -0.1) is 0 Å². The van der Waals surface area contributed by atoms with Gasteiger partial charge in [-0.25, -0.2) is 9.18 Å². The van der Waals surface area contributed by atoms with Gasteiger partial charge in [0.25, 0.3) is 5.91 Å². The summed E-state index contributed by atoms with van der Waals surface area (Å²) in [6.45, 7) is 2.61. The van der Waals surface area contributed by atoms with Crippen LogP contribution >= 0.6 is 11.6 Å². The number of hydrogen-bond donors (Lipinski definition) is 2. The van der Waals surface area contributed by atoms with Crippen molar-refractivity contribution in [2.24, 2.45) is 0 Å². The number of anilines is 1. The van der Waals surface area contributed by atoms with Crippen LogP contribution in [0.2, 0.25) is 5.02 Å². The lowest BCUT2D eigenvalue weighted by Gasteiger charge is -2.19. The summed E-state index contributed by atoms with van der Waals surface area (Å²) in [6, 6.07) is 3.56. The van der Waals surface area contributed by atoms with Crippen molar-refractivity contribution in [2.45, 2.75) is 19.4 Å². The van der Waals surface area contributed by atoms with Crippen molar-refractivity contribution in [1.82, 2.24) is 9.78 Å². The minimum atomic E-state index is -1.25. The summed E-state index contributed by atoms with van der Waals surface area (Å²) in [5, 5.41) is 15.6. The summed E-state index contributed by atoms with van der Waals surface area (Å²) >= 11 is 5.79. The molecule has 128 valence electrons. The first-order valence-electron chi connectivity index (χ1n) is 6.86. The number of aliphatic carboxylic acids is 1. The average molecular weight is 356 g/mol. The highest BCUT2D eigenvalue weighted by Gasteiger charge is 2.30. The van der Waals surface area contributed by atoms with Crippen LogP contribution in [0.1, 0.15) is 13.8 Å². The molecule has 7 nitrogen and oxygen atoms in total. The van der Waals surface area contributed by atoms with Crippen LogP contribution < -0.4 is 10.1 Å². The number of carboxylic acid groups (broad SMARTS) is 1. The fourth-order valence-corrected chi connectivity index (χ4v) is 1.95. The van der Waals surface area contributed by atoms with E-state index in [1.54, 1.807) is 0 Å². The second-order valence-electron chi connectivity index (χ2n) is 5.45. The largest absolute Gasteiger partial charge is 0.482 e. The first-order valence-corrected chi connectivity index (χ1v) is 7.24. The lowest BCUT2D eigenvalue weighted by Crippen LogP contribution is -2.35. The third-order valence-corrected chi connectivity index (χ3v) is 3.51. The third kappa shape index (κ3) is 4.02. The molecule has 0 atom stereocenters. The molecule has 0 saturated heterocycles. The number of amides is 1. The van der Waals surface area contributed by atoms with Crippen LogP contribution in [-0.2, 0) is 15.1 Å². The Morgan fingerprint density at radius 3 is 2.79 bits per heavy atom. The van der Waals surface area contributed by atoms with Crippen LogP contribution in [0.15, 0.2) is 30.6 Å². The molecule has 1 heterocycles. The first-order chi connectivity index (χ1) is 11.2. The molecule has 0 unspecified atom stereocenters. The molecule has 24 heavy (non-hydrogen) atoms. The summed E-state index contributed by atoms with van der Waals surface area (Å²) in [6.07, 6.45) is 2.73. The number of carbonyl (C=O) groups excluding carboxylic acids is 1. The Kier molecular flexibility index (Phi) is 5.08. The normalized spacial score (nSPS) is 11.2. The van der Waals surface area contributed by atoms with E-state index in [0.717, 1.165) is 12.1 Å². The molecule has 2 N–H and O–H groups in total. The highest BCUT2D eigenvalue weighted by atomic mass is 35.5. The van der Waals surface area contributed by atoms with Crippen molar-refractivity contribution < 1.29 is 23.8 Å². The number of hydrogen-bond acceptors (Lipinski definition) is 4. The van der Waals surface area contributed by atoms with Crippen molar-refractivity contribution in [2.75, 3.05) is 11.9 Å². The van der Waals surface area contributed by atoms with Crippen LogP contribution in [0, 0.1) is 5.82 Å². The lowest BCUT2D eigenvalue weighted by molar-refractivity contribution is -0.146. The summed E-state index contributed by atoms with van der Waals surface area (Å²) in [5.74, 6) is -1.89. The van der Waals surface area contributed by atoms with Gasteiger partial charge in [0.05, 0.1) is 16.9 Å². The van der Waals surface area contributed by atoms with Gasteiger partial charge in [0, 0.05) is 6.20 Å². The molecule has 1 aromatic carbocycles. The minimum absolute atomic E-state index is 0.0545. The maximum Gasteiger partial charge on any atom is 0.331 e. The summed E-state index contributed by atoms with van der Waals surface area (Å²) in [4.78, 5) is 23.0. The molecular formula is C15H15ClFN3O4. The molecule has 0 aliphatic carbocycles. The molecule has 9 heteroatoms. The Bertz CT molecular complexity index is 776. The predicted molar refractivity (Wildman–Crippen MR) is 84.7 cm³/mol. The van der Waals surface area contributed by atoms with E-state index >= 15 is 0 Å². The zero-order chi connectivity index (χ0) is 17.9. The molecule has 2 rings (SSSR count). The summed E-state index contributed by atoms with van der Waals surface area (Å²) in [5.41, 5.74) is -0.927. The van der Waals surface area contributed by atoms with Gasteiger partial charge in [-0.2, -0.15) is 5.10 Å². The number of rotatable bonds is 6. The van der Waals surface area contributed by atoms with E-state index in [-0.39, 0.29) is 17.4 Å². The Morgan fingerprint density at radius 2 is 2.17 bits per heavy atom. The average Bonchev–Trinajstić information content (AvgIpc) is 2.95. The molecule has 1 aromatic heterocycles. The topological polar surface area (TPSA) is 93.5 Å². The Balaban J connectivity index is 1.96. The number of ether oxygens (including phenoxy) is 1. The van der Waals surface area contributed by atoms with E-state index in [0.29, 0.717) is 5.69 Å². The number of halogens is 2. The highest BCUT2D eigenvalue weighted by Crippen LogP contribution is 2.24. The number of benzene rings is 1. The molecule has 0 spiro atoms. The van der Waals surface area contributed by atoms with Crippen LogP contribution in [0.25, 0.3) is 0 Å². The second-order valence-corrected chi connectivity index (χ2v) is 5.86. The quantitative estimate of drug-likeness (QED) is 0.830. The monoisotopic (exact) mass is 355 g/mol. The van der Waals surface area contributed by atoms with E-state index in [1.165, 1.54) is 37.0 Å². The minimum Gasteiger partial charge on any atom is -0.482 e. The van der Waals surface area contributed by atoms with Crippen LogP contribution in [0.4, 0.5) is 10.1 Å². The van der Waals surface area contributed by atoms with Crippen molar-refractivity contribution in [3.63, 3.8) is 0 Å². The van der Waals surface area contributed by atoms with Gasteiger partial charge >= 0.3 is 5.97 Å². The molecule has 0 aliphatic rings. The van der Waals surface area contributed by atoms with E-state index in [4.69, 9.17) is 21.4 Å². The molecule has 0 fully saturated rings. The van der Waals surface area contributed by atoms with Gasteiger partial charge in [0.15, 0.2) is 12.1 Å². The van der Waals surface area contributed by atoms with Gasteiger partial charge in [-0.1, -0.05) is 11.6 Å². The number of nitrogens with one attached hydrogen (secondary N) is 1. The van der Waals surface area contributed by atoms with Gasteiger partial charge in [-0.05, 0) is 32.0 Å². The van der Waals surface area contributed by atoms with Crippen LogP contribution in [0.5, 0.6) is 5.75 Å². The lowest BCUT2D eigenvalue weighted by atomic mass is 10.1. The van der Waals surface area contributed by atoms with Crippen molar-refractivity contribution in [3.05, 3.63) is 41.4 Å². The summed E-state index contributed by atoms with van der Waals surface area (Å²) in [7, 11) is 0. The highest BCUT2D eigenvalue weighted by molar-refractivity contribution is 6.32. The number of aromatic nitrogens is 2. The molecule has 1 amide bonds. The molecule has 0 radical (unpaired) electrons. The van der Waals surface area contributed by atoms with Gasteiger partial charge in [0.1, 0.15) is 11.6 Å². The zero-order valence-electron chi connectivity index (χ0n) is 12.9. The Hall–Kier alpha value is -2.61. The number of carboxylic acids is 1. The Labute approximate surface area is 142 Å². The maximum absolute atomic E-state index is 12.9. The number of carbonyl (C=O) groups is 2. The summed E-state index contributed by atoms with van der Waals surface area (Å²) < 4.78 is 19.3. The standard InChI is InChI=1S/C15H15ClFN3O4/c1-15(2,14(22)23)20-7-10(6-18-20)19-13(21)8-24-12-4-3-9(17)5-11(12)16/h3-7H,8H2,1-2H3,(H,19,21)(H,22,23). The molecular weight excluding hydrogens is 341 g/mol. The Morgan fingerprint density at radius 1 is 1.46 bits per heavy atom. The van der Waals surface area contributed by atoms with Crippen molar-refractivity contribution >= 4 is 29.2 Å². The smallest absolute Gasteiger partial charge is 0.331 e. The van der Waals surface area contributed by atoms with E-state index in [9.17, 15) is 14.0 Å². The van der Waals surface area contributed by atoms with E-state index in [2.05, 4.69) is 10.4 Å². The van der Waals surface area contributed by atoms with Crippen LogP contribution in [0.3, 0.4) is 0 Å². The van der Waals surface area contributed by atoms with Crippen molar-refractivity contribution in [3.8, 4) is 5.75 Å². The van der Waals surface area contributed by atoms with Crippen LogP contribution in [-0.4, -0.2) is 33.4 Å². The number of nitrogens with zero attached hydrogens (tertiary/aromatic N) is 2. The van der Waals surface area contributed by atoms with Crippen molar-refractivity contribution in [1.29, 1.82) is 0 Å². The SMILES string of the molecule is CC(C)(C(=O)O)n1cc(NC(=O)COc2ccc(F)cc2Cl)cn1. The maximum atomic E-state index is 12.9. The molecule has 0 aliphatic heterocycles. The zero-order valence-corrected chi connectivity index (χ0v) is 13.7. The second kappa shape index (κ2) is 6.88. The van der Waals surface area contributed by atoms with E-state index in [1.807, 2.05) is 0 Å². The first kappa shape index (κ1) is 17.7. The van der Waals surface area contributed by atoms with Gasteiger partial charge in [-0.3, -0.25) is 9.48 Å². The molecule has 0 bridgehead atoms. The van der Waals surface area contributed by atoms with Gasteiger partial charge in [0.2, 0.25) is 0 Å². The fourth-order valence-electron chi connectivity index (χ4n) is 1.72. The van der Waals surface area contributed by atoms with E-state index < -0.39 is 23.2 Å². The predicted octanol–water partition coefficient (Wildman–Crippen LogP) is 2.51. The van der Waals surface area contributed by atoms with Gasteiger partial charge < -0.3 is 15.2 Å². The molecule has 0 saturated carbocycles. The molecule has 2 aromatic rings.